The molecule has 1 aliphatic rings. The Bertz CT molecular complexity index is 647. The van der Waals surface area contributed by atoms with Crippen molar-refractivity contribution in [1.29, 1.82) is 0 Å². The van der Waals surface area contributed by atoms with E-state index in [-0.39, 0.29) is 5.91 Å². The first-order valence-electron chi connectivity index (χ1n) is 6.24. The smallest absolute Gasteiger partial charge is 0.308 e. The Morgan fingerprint density at radius 1 is 1.32 bits per heavy atom. The van der Waals surface area contributed by atoms with Gasteiger partial charge >= 0.3 is 5.97 Å². The summed E-state index contributed by atoms with van der Waals surface area (Å²) in [6.45, 7) is 0.815. The van der Waals surface area contributed by atoms with Gasteiger partial charge in [-0.1, -0.05) is 6.07 Å². The molecule has 1 atom stereocenters. The van der Waals surface area contributed by atoms with Crippen LogP contribution in [0, 0.1) is 5.92 Å². The van der Waals surface area contributed by atoms with Gasteiger partial charge in [-0.15, -0.1) is 0 Å². The first kappa shape index (κ1) is 11.8. The van der Waals surface area contributed by atoms with Crippen molar-refractivity contribution in [2.24, 2.45) is 5.92 Å². The Morgan fingerprint density at radius 3 is 2.89 bits per heavy atom. The molecule has 19 heavy (non-hydrogen) atoms. The van der Waals surface area contributed by atoms with Gasteiger partial charge in [0.15, 0.2) is 0 Å². The summed E-state index contributed by atoms with van der Waals surface area (Å²) in [5.74, 6) is -1.35. The van der Waals surface area contributed by atoms with Gasteiger partial charge in [0, 0.05) is 30.4 Å². The van der Waals surface area contributed by atoms with E-state index in [9.17, 15) is 9.59 Å². The van der Waals surface area contributed by atoms with Crippen LogP contribution >= 0.6 is 0 Å². The number of aromatic amines is 1. The van der Waals surface area contributed by atoms with E-state index < -0.39 is 11.9 Å². The second-order valence-corrected chi connectivity index (χ2v) is 4.85. The Labute approximate surface area is 109 Å². The third-order valence-corrected chi connectivity index (χ3v) is 3.63. The molecule has 0 radical (unpaired) electrons. The minimum Gasteiger partial charge on any atom is -0.481 e. The van der Waals surface area contributed by atoms with Crippen LogP contribution in [0.4, 0.5) is 0 Å². The van der Waals surface area contributed by atoms with Gasteiger partial charge in [-0.05, 0) is 30.0 Å². The van der Waals surface area contributed by atoms with Gasteiger partial charge in [0.25, 0.3) is 5.91 Å². The number of nitrogens with one attached hydrogen (secondary N) is 1. The lowest BCUT2D eigenvalue weighted by Gasteiger charge is -2.15. The molecule has 5 nitrogen and oxygen atoms in total. The number of aromatic nitrogens is 1. The molecule has 1 amide bonds. The lowest BCUT2D eigenvalue weighted by molar-refractivity contribution is -0.141. The number of hydrogen-bond donors (Lipinski definition) is 2. The number of carbonyl (C=O) groups is 2. The molecule has 1 aromatic carbocycles. The largest absolute Gasteiger partial charge is 0.481 e. The number of aliphatic carboxylic acids is 1. The number of amides is 1. The summed E-state index contributed by atoms with van der Waals surface area (Å²) >= 11 is 0. The number of carbonyl (C=O) groups excluding carboxylic acids is 1. The lowest BCUT2D eigenvalue weighted by Crippen LogP contribution is -2.29. The Morgan fingerprint density at radius 2 is 2.16 bits per heavy atom. The molecule has 1 aromatic heterocycles. The summed E-state index contributed by atoms with van der Waals surface area (Å²) in [7, 11) is 0. The van der Waals surface area contributed by atoms with Crippen molar-refractivity contribution in [3.8, 4) is 0 Å². The van der Waals surface area contributed by atoms with E-state index in [1.54, 1.807) is 11.0 Å². The molecule has 1 saturated heterocycles. The van der Waals surface area contributed by atoms with E-state index in [0.29, 0.717) is 25.1 Å². The van der Waals surface area contributed by atoms with Crippen LogP contribution in [-0.4, -0.2) is 40.0 Å². The summed E-state index contributed by atoms with van der Waals surface area (Å²) < 4.78 is 0. The van der Waals surface area contributed by atoms with Crippen LogP contribution in [0.5, 0.6) is 0 Å². The molecule has 0 aliphatic carbocycles. The normalized spacial score (nSPS) is 18.9. The number of carboxylic acids is 1. The maximum Gasteiger partial charge on any atom is 0.308 e. The van der Waals surface area contributed by atoms with Crippen molar-refractivity contribution in [2.75, 3.05) is 13.1 Å². The number of carboxylic acid groups (broad SMARTS) is 1. The molecule has 0 saturated carbocycles. The lowest BCUT2D eigenvalue weighted by atomic mass is 10.1. The standard InChI is InChI=1S/C14H14N2O3/c17-13(16-6-4-11(8-16)14(18)19)10-2-1-9-3-5-15-12(9)7-10/h1-3,5,7,11,15H,4,6,8H2,(H,18,19)/t11-/m1/s1. The minimum atomic E-state index is -0.824. The van der Waals surface area contributed by atoms with Crippen LogP contribution in [-0.2, 0) is 4.79 Å². The van der Waals surface area contributed by atoms with Gasteiger partial charge < -0.3 is 15.0 Å². The molecule has 0 bridgehead atoms. The zero-order chi connectivity index (χ0) is 13.4. The van der Waals surface area contributed by atoms with Crippen LogP contribution < -0.4 is 0 Å². The molecular weight excluding hydrogens is 244 g/mol. The first-order chi connectivity index (χ1) is 9.15. The van der Waals surface area contributed by atoms with Gasteiger partial charge in [-0.3, -0.25) is 9.59 Å². The predicted molar refractivity (Wildman–Crippen MR) is 69.9 cm³/mol. The van der Waals surface area contributed by atoms with E-state index in [1.165, 1.54) is 0 Å². The Kier molecular flexibility index (Phi) is 2.74. The van der Waals surface area contributed by atoms with Gasteiger partial charge in [0.05, 0.1) is 5.92 Å². The third kappa shape index (κ3) is 2.07. The maximum atomic E-state index is 12.3. The first-order valence-corrected chi connectivity index (χ1v) is 6.24. The van der Waals surface area contributed by atoms with Crippen molar-refractivity contribution in [2.45, 2.75) is 6.42 Å². The summed E-state index contributed by atoms with van der Waals surface area (Å²) in [4.78, 5) is 27.9. The highest BCUT2D eigenvalue weighted by atomic mass is 16.4. The van der Waals surface area contributed by atoms with Crippen molar-refractivity contribution >= 4 is 22.8 Å². The second-order valence-electron chi connectivity index (χ2n) is 4.85. The number of nitrogens with zero attached hydrogens (tertiary/aromatic N) is 1. The maximum absolute atomic E-state index is 12.3. The molecule has 1 fully saturated rings. The molecule has 3 rings (SSSR count). The topological polar surface area (TPSA) is 73.4 Å². The number of fused-ring (bicyclic) bond motifs is 1. The zero-order valence-corrected chi connectivity index (χ0v) is 10.3. The quantitative estimate of drug-likeness (QED) is 0.861. The minimum absolute atomic E-state index is 0.0970. The number of rotatable bonds is 2. The fraction of sp³-hybridized carbons (Fsp3) is 0.286. The number of benzene rings is 1. The van der Waals surface area contributed by atoms with Crippen molar-refractivity contribution in [1.82, 2.24) is 9.88 Å². The monoisotopic (exact) mass is 258 g/mol. The molecule has 1 aliphatic heterocycles. The third-order valence-electron chi connectivity index (χ3n) is 3.63. The van der Waals surface area contributed by atoms with E-state index in [0.717, 1.165) is 10.9 Å². The van der Waals surface area contributed by atoms with Crippen LogP contribution in [0.1, 0.15) is 16.8 Å². The van der Waals surface area contributed by atoms with Gasteiger partial charge in [0.2, 0.25) is 0 Å². The summed E-state index contributed by atoms with van der Waals surface area (Å²) in [5.41, 5.74) is 1.51. The van der Waals surface area contributed by atoms with E-state index in [1.807, 2.05) is 24.4 Å². The highest BCUT2D eigenvalue weighted by molar-refractivity contribution is 5.98. The van der Waals surface area contributed by atoms with Crippen LogP contribution in [0.15, 0.2) is 30.5 Å². The number of H-pyrrole nitrogens is 1. The summed E-state index contributed by atoms with van der Waals surface area (Å²) in [6.07, 6.45) is 2.36. The highest BCUT2D eigenvalue weighted by Gasteiger charge is 2.31. The average Bonchev–Trinajstić information content (AvgIpc) is 3.06. The second kappa shape index (κ2) is 4.42. The van der Waals surface area contributed by atoms with Crippen molar-refractivity contribution in [3.63, 3.8) is 0 Å². The van der Waals surface area contributed by atoms with Crippen molar-refractivity contribution in [3.05, 3.63) is 36.0 Å². The fourth-order valence-corrected chi connectivity index (χ4v) is 2.51. The summed E-state index contributed by atoms with van der Waals surface area (Å²) in [6, 6.07) is 7.43. The average molecular weight is 258 g/mol. The van der Waals surface area contributed by atoms with Crippen LogP contribution in [0.25, 0.3) is 10.9 Å². The molecule has 98 valence electrons. The molecule has 2 N–H and O–H groups in total. The van der Waals surface area contributed by atoms with Crippen LogP contribution in [0.3, 0.4) is 0 Å². The number of likely N-dealkylation sites (tertiary alicyclic amines) is 1. The van der Waals surface area contributed by atoms with Gasteiger partial charge in [-0.25, -0.2) is 0 Å². The van der Waals surface area contributed by atoms with E-state index >= 15 is 0 Å². The number of hydrogen-bond acceptors (Lipinski definition) is 2. The highest BCUT2D eigenvalue weighted by Crippen LogP contribution is 2.21. The van der Waals surface area contributed by atoms with E-state index in [2.05, 4.69) is 4.98 Å². The summed E-state index contributed by atoms with van der Waals surface area (Å²) in [5, 5.41) is 10.0. The zero-order valence-electron chi connectivity index (χ0n) is 10.3. The molecule has 5 heteroatoms. The van der Waals surface area contributed by atoms with Crippen LogP contribution in [0.2, 0.25) is 0 Å². The molecule has 2 aromatic rings. The van der Waals surface area contributed by atoms with Gasteiger partial charge in [-0.2, -0.15) is 0 Å². The SMILES string of the molecule is O=C(O)[C@@H]1CCN(C(=O)c2ccc3cc[nH]c3c2)C1. The Balaban J connectivity index is 1.82. The molecular formula is C14H14N2O3. The fourth-order valence-electron chi connectivity index (χ4n) is 2.51. The molecule has 0 unspecified atom stereocenters. The molecule has 2 heterocycles. The van der Waals surface area contributed by atoms with Gasteiger partial charge in [0.1, 0.15) is 0 Å². The Hall–Kier alpha value is -2.30. The van der Waals surface area contributed by atoms with Crippen molar-refractivity contribution < 1.29 is 14.7 Å². The van der Waals surface area contributed by atoms with E-state index in [4.69, 9.17) is 5.11 Å². The predicted octanol–water partition coefficient (Wildman–Crippen LogP) is 1.71. The molecule has 0 spiro atoms.